The van der Waals surface area contributed by atoms with Gasteiger partial charge in [0.2, 0.25) is 0 Å². The van der Waals surface area contributed by atoms with Gasteiger partial charge in [-0.25, -0.2) is 9.78 Å². The molecule has 0 radical (unpaired) electrons. The molecule has 9 heteroatoms. The Kier molecular flexibility index (Phi) is 4.26. The van der Waals surface area contributed by atoms with E-state index in [1.165, 1.54) is 33.9 Å². The molecule has 0 bridgehead atoms. The van der Waals surface area contributed by atoms with Crippen LogP contribution in [0.15, 0.2) is 50.8 Å². The number of aromatic nitrogens is 4. The Morgan fingerprint density at radius 1 is 1.21 bits per heavy atom. The molecule has 0 aliphatic carbocycles. The largest absolute Gasteiger partial charge is 0.426 e. The fourth-order valence-electron chi connectivity index (χ4n) is 2.99. The highest BCUT2D eigenvalue weighted by atomic mass is 16.5. The lowest BCUT2D eigenvalue weighted by Gasteiger charge is -2.07. The van der Waals surface area contributed by atoms with Gasteiger partial charge in [0, 0.05) is 31.1 Å². The van der Waals surface area contributed by atoms with Crippen molar-refractivity contribution in [1.29, 1.82) is 0 Å². The van der Waals surface area contributed by atoms with Crippen LogP contribution in [0, 0.1) is 6.92 Å². The van der Waals surface area contributed by atoms with Crippen molar-refractivity contribution < 1.29 is 13.9 Å². The second-order valence-electron chi connectivity index (χ2n) is 6.38. The number of benzene rings is 1. The van der Waals surface area contributed by atoms with E-state index in [0.29, 0.717) is 16.6 Å². The van der Waals surface area contributed by atoms with E-state index in [9.17, 15) is 14.4 Å². The smallest absolute Gasteiger partial charge is 0.336 e. The Hall–Kier alpha value is -3.75. The van der Waals surface area contributed by atoms with Crippen LogP contribution < -0.4 is 15.9 Å². The van der Waals surface area contributed by atoms with Crippen LogP contribution >= 0.6 is 0 Å². The van der Waals surface area contributed by atoms with Gasteiger partial charge in [0.25, 0.3) is 5.56 Å². The fraction of sp³-hybridized carbons (Fsp3) is 0.211. The number of aryl methyl sites for hydroxylation is 3. The molecule has 0 aliphatic heterocycles. The zero-order valence-corrected chi connectivity index (χ0v) is 15.2. The molecule has 0 N–H and O–H groups in total. The zero-order valence-electron chi connectivity index (χ0n) is 15.2. The number of rotatable bonds is 4. The summed E-state index contributed by atoms with van der Waals surface area (Å²) in [6.45, 7) is 1.92. The normalized spacial score (nSPS) is 11.2. The number of carbonyl (C=O) groups excluding carboxylic acids is 1. The Bertz CT molecular complexity index is 1330. The number of ether oxygens (including phenoxy) is 1. The van der Waals surface area contributed by atoms with Crippen LogP contribution in [0.2, 0.25) is 0 Å². The van der Waals surface area contributed by atoms with Gasteiger partial charge in [0.05, 0.1) is 18.9 Å². The van der Waals surface area contributed by atoms with Crippen molar-refractivity contribution in [2.24, 2.45) is 7.05 Å². The first-order chi connectivity index (χ1) is 13.4. The van der Waals surface area contributed by atoms with Crippen molar-refractivity contribution in [3.05, 3.63) is 63.1 Å². The summed E-state index contributed by atoms with van der Waals surface area (Å²) < 4.78 is 13.3. The van der Waals surface area contributed by atoms with Gasteiger partial charge in [-0.1, -0.05) is 0 Å². The van der Waals surface area contributed by atoms with Crippen molar-refractivity contribution in [3.8, 4) is 5.75 Å². The summed E-state index contributed by atoms with van der Waals surface area (Å²) in [4.78, 5) is 40.3. The quantitative estimate of drug-likeness (QED) is 0.300. The van der Waals surface area contributed by atoms with Crippen LogP contribution in [0.5, 0.6) is 5.75 Å². The predicted molar refractivity (Wildman–Crippen MR) is 100 cm³/mol. The third-order valence-corrected chi connectivity index (χ3v) is 4.43. The van der Waals surface area contributed by atoms with E-state index in [1.54, 1.807) is 26.1 Å². The van der Waals surface area contributed by atoms with Crippen LogP contribution in [0.4, 0.5) is 0 Å². The summed E-state index contributed by atoms with van der Waals surface area (Å²) >= 11 is 0. The lowest BCUT2D eigenvalue weighted by Crippen LogP contribution is -2.23. The molecule has 1 aromatic carbocycles. The summed E-state index contributed by atoms with van der Waals surface area (Å²) in [5, 5.41) is 5.16. The molecule has 3 aromatic heterocycles. The molecule has 28 heavy (non-hydrogen) atoms. The second kappa shape index (κ2) is 6.76. The molecule has 9 nitrogen and oxygen atoms in total. The summed E-state index contributed by atoms with van der Waals surface area (Å²) in [6.07, 6.45) is 2.81. The maximum Gasteiger partial charge on any atom is 0.336 e. The molecular formula is C19H16N4O5. The van der Waals surface area contributed by atoms with E-state index in [-0.39, 0.29) is 24.3 Å². The van der Waals surface area contributed by atoms with E-state index in [2.05, 4.69) is 10.1 Å². The maximum atomic E-state index is 12.4. The predicted octanol–water partition coefficient (Wildman–Crippen LogP) is 1.54. The van der Waals surface area contributed by atoms with Crippen molar-refractivity contribution >= 4 is 28.0 Å². The van der Waals surface area contributed by atoms with E-state index < -0.39 is 11.6 Å². The first kappa shape index (κ1) is 17.7. The third kappa shape index (κ3) is 3.18. The lowest BCUT2D eigenvalue weighted by atomic mass is 10.1. The average Bonchev–Trinajstić information content (AvgIpc) is 3.02. The molecule has 142 valence electrons. The Morgan fingerprint density at radius 3 is 2.86 bits per heavy atom. The second-order valence-corrected chi connectivity index (χ2v) is 6.38. The first-order valence-corrected chi connectivity index (χ1v) is 8.55. The Balaban J connectivity index is 1.49. The molecule has 0 fully saturated rings. The van der Waals surface area contributed by atoms with E-state index in [1.807, 2.05) is 0 Å². The van der Waals surface area contributed by atoms with Gasteiger partial charge < -0.3 is 9.15 Å². The Labute approximate surface area is 157 Å². The average molecular weight is 380 g/mol. The van der Waals surface area contributed by atoms with E-state index in [4.69, 9.17) is 9.15 Å². The van der Waals surface area contributed by atoms with Crippen molar-refractivity contribution in [2.75, 3.05) is 0 Å². The molecule has 4 rings (SSSR count). The summed E-state index contributed by atoms with van der Waals surface area (Å²) in [7, 11) is 1.70. The van der Waals surface area contributed by atoms with Gasteiger partial charge in [0.15, 0.2) is 5.65 Å². The summed E-state index contributed by atoms with van der Waals surface area (Å²) in [5.74, 6) is -0.257. The Morgan fingerprint density at radius 2 is 2.04 bits per heavy atom. The number of fused-ring (bicyclic) bond motifs is 2. The molecular weight excluding hydrogens is 364 g/mol. The third-order valence-electron chi connectivity index (χ3n) is 4.43. The monoisotopic (exact) mass is 380 g/mol. The molecule has 0 aliphatic rings. The molecule has 0 amide bonds. The van der Waals surface area contributed by atoms with Crippen molar-refractivity contribution in [2.45, 2.75) is 19.9 Å². The SMILES string of the molecule is Cc1cc(=O)oc2cc(OC(=O)CCn3cnc4c(cnn4C)c3=O)ccc12. The van der Waals surface area contributed by atoms with Gasteiger partial charge in [-0.05, 0) is 24.6 Å². The van der Waals surface area contributed by atoms with Gasteiger partial charge in [0.1, 0.15) is 16.7 Å². The molecule has 0 saturated carbocycles. The first-order valence-electron chi connectivity index (χ1n) is 8.55. The van der Waals surface area contributed by atoms with Crippen molar-refractivity contribution in [1.82, 2.24) is 19.3 Å². The van der Waals surface area contributed by atoms with Crippen LogP contribution in [-0.4, -0.2) is 25.3 Å². The van der Waals surface area contributed by atoms with Gasteiger partial charge in [-0.15, -0.1) is 0 Å². The molecule has 0 atom stereocenters. The highest BCUT2D eigenvalue weighted by Gasteiger charge is 2.11. The molecule has 0 saturated heterocycles. The van der Waals surface area contributed by atoms with Crippen LogP contribution in [0.3, 0.4) is 0 Å². The summed E-state index contributed by atoms with van der Waals surface area (Å²) in [5.41, 5.74) is 0.872. The number of hydrogen-bond donors (Lipinski definition) is 0. The van der Waals surface area contributed by atoms with Crippen molar-refractivity contribution in [3.63, 3.8) is 0 Å². The highest BCUT2D eigenvalue weighted by Crippen LogP contribution is 2.22. The minimum absolute atomic E-state index is 0.0246. The minimum Gasteiger partial charge on any atom is -0.426 e. The van der Waals surface area contributed by atoms with Crippen LogP contribution in [0.1, 0.15) is 12.0 Å². The summed E-state index contributed by atoms with van der Waals surface area (Å²) in [6, 6.07) is 6.25. The van der Waals surface area contributed by atoms with Crippen LogP contribution in [-0.2, 0) is 18.4 Å². The zero-order chi connectivity index (χ0) is 19.8. The van der Waals surface area contributed by atoms with Crippen LogP contribution in [0.25, 0.3) is 22.0 Å². The highest BCUT2D eigenvalue weighted by molar-refractivity contribution is 5.82. The number of carbonyl (C=O) groups is 1. The number of nitrogens with zero attached hydrogens (tertiary/aromatic N) is 4. The standard InChI is InChI=1S/C19H16N4O5/c1-11-7-17(25)28-15-8-12(3-4-13(11)15)27-16(24)5-6-23-10-20-18-14(19(23)26)9-21-22(18)2/h3-4,7-10H,5-6H2,1-2H3. The van der Waals surface area contributed by atoms with Gasteiger partial charge in [-0.2, -0.15) is 5.10 Å². The fourth-order valence-corrected chi connectivity index (χ4v) is 2.99. The number of esters is 1. The van der Waals surface area contributed by atoms with Gasteiger partial charge >= 0.3 is 11.6 Å². The molecule has 0 spiro atoms. The van der Waals surface area contributed by atoms with E-state index in [0.717, 1.165) is 10.9 Å². The maximum absolute atomic E-state index is 12.4. The number of hydrogen-bond acceptors (Lipinski definition) is 7. The molecule has 3 heterocycles. The molecule has 0 unspecified atom stereocenters. The lowest BCUT2D eigenvalue weighted by molar-refractivity contribution is -0.134. The van der Waals surface area contributed by atoms with Gasteiger partial charge in [-0.3, -0.25) is 18.8 Å². The van der Waals surface area contributed by atoms with E-state index >= 15 is 0 Å². The topological polar surface area (TPSA) is 109 Å². The molecule has 4 aromatic rings. The minimum atomic E-state index is -0.521.